The maximum absolute atomic E-state index is 9.76. The smallest absolute Gasteiger partial charge is 0.0834 e. The van der Waals surface area contributed by atoms with Crippen LogP contribution in [0.4, 0.5) is 0 Å². The Balaban J connectivity index is 1.72. The van der Waals surface area contributed by atoms with Crippen LogP contribution in [-0.2, 0) is 4.74 Å². The lowest BCUT2D eigenvalue weighted by Gasteiger charge is -2.27. The van der Waals surface area contributed by atoms with E-state index < -0.39 is 0 Å². The molecule has 0 aromatic carbocycles. The second-order valence-corrected chi connectivity index (χ2v) is 4.15. The van der Waals surface area contributed by atoms with Gasteiger partial charge in [-0.25, -0.2) is 0 Å². The summed E-state index contributed by atoms with van der Waals surface area (Å²) in [6, 6.07) is 0. The highest BCUT2D eigenvalue weighted by atomic mass is 16.5. The molecule has 2 rings (SSSR count). The van der Waals surface area contributed by atoms with Crippen LogP contribution in [0.5, 0.6) is 0 Å². The predicted octanol–water partition coefficient (Wildman–Crippen LogP) is 1.72. The fourth-order valence-electron chi connectivity index (χ4n) is 1.92. The zero-order valence-corrected chi connectivity index (χ0v) is 7.54. The molecule has 0 radical (unpaired) electrons. The lowest BCUT2D eigenvalue weighted by atomic mass is 10.0. The monoisotopic (exact) mass is 170 g/mol. The summed E-state index contributed by atoms with van der Waals surface area (Å²) in [5.41, 5.74) is 0. The van der Waals surface area contributed by atoms with Gasteiger partial charge in [0.05, 0.1) is 12.2 Å². The molecule has 1 aliphatic heterocycles. The van der Waals surface area contributed by atoms with Gasteiger partial charge in [0.15, 0.2) is 0 Å². The van der Waals surface area contributed by atoms with Crippen LogP contribution in [0.2, 0.25) is 0 Å². The van der Waals surface area contributed by atoms with E-state index in [4.69, 9.17) is 4.74 Å². The first-order chi connectivity index (χ1) is 5.86. The van der Waals surface area contributed by atoms with Crippen molar-refractivity contribution in [3.05, 3.63) is 0 Å². The normalized spacial score (nSPS) is 33.2. The Morgan fingerprint density at radius 3 is 2.67 bits per heavy atom. The molecule has 70 valence electrons. The molecule has 1 saturated carbocycles. The summed E-state index contributed by atoms with van der Waals surface area (Å²) in [6.07, 6.45) is 7.06. The van der Waals surface area contributed by atoms with Crippen LogP contribution in [0.15, 0.2) is 0 Å². The summed E-state index contributed by atoms with van der Waals surface area (Å²) < 4.78 is 5.52. The molecule has 1 saturated heterocycles. The van der Waals surface area contributed by atoms with Crippen LogP contribution in [0.25, 0.3) is 0 Å². The summed E-state index contributed by atoms with van der Waals surface area (Å²) in [6.45, 7) is 0.854. The zero-order valence-electron chi connectivity index (χ0n) is 7.54. The van der Waals surface area contributed by atoms with Crippen molar-refractivity contribution >= 4 is 0 Å². The molecule has 2 fully saturated rings. The quantitative estimate of drug-likeness (QED) is 0.698. The minimum absolute atomic E-state index is 0.152. The van der Waals surface area contributed by atoms with Gasteiger partial charge in [0.2, 0.25) is 0 Å². The van der Waals surface area contributed by atoms with Gasteiger partial charge in [0, 0.05) is 6.61 Å². The Morgan fingerprint density at radius 2 is 2.08 bits per heavy atom. The SMILES string of the molecule is OC(CC1CC1)C1CCCCO1. The lowest BCUT2D eigenvalue weighted by Crippen LogP contribution is -2.32. The summed E-state index contributed by atoms with van der Waals surface area (Å²) in [4.78, 5) is 0. The molecule has 12 heavy (non-hydrogen) atoms. The Morgan fingerprint density at radius 1 is 1.25 bits per heavy atom. The van der Waals surface area contributed by atoms with E-state index in [0.29, 0.717) is 0 Å². The van der Waals surface area contributed by atoms with Crippen LogP contribution in [-0.4, -0.2) is 23.9 Å². The largest absolute Gasteiger partial charge is 0.390 e. The number of rotatable bonds is 3. The minimum Gasteiger partial charge on any atom is -0.390 e. The van der Waals surface area contributed by atoms with Gasteiger partial charge in [-0.15, -0.1) is 0 Å². The molecule has 2 heteroatoms. The predicted molar refractivity (Wildman–Crippen MR) is 46.9 cm³/mol. The van der Waals surface area contributed by atoms with Crippen molar-refractivity contribution in [3.63, 3.8) is 0 Å². The van der Waals surface area contributed by atoms with E-state index in [0.717, 1.165) is 25.4 Å². The Kier molecular flexibility index (Phi) is 2.66. The van der Waals surface area contributed by atoms with E-state index in [9.17, 15) is 5.11 Å². The number of ether oxygens (including phenoxy) is 1. The number of hydrogen-bond donors (Lipinski definition) is 1. The summed E-state index contributed by atoms with van der Waals surface area (Å²) in [7, 11) is 0. The van der Waals surface area contributed by atoms with E-state index in [1.54, 1.807) is 0 Å². The standard InChI is InChI=1S/C10H18O2/c11-9(7-8-4-5-8)10-3-1-2-6-12-10/h8-11H,1-7H2. The number of aliphatic hydroxyl groups is 1. The van der Waals surface area contributed by atoms with Crippen LogP contribution in [0.3, 0.4) is 0 Å². The van der Waals surface area contributed by atoms with Crippen molar-refractivity contribution in [1.82, 2.24) is 0 Å². The highest BCUT2D eigenvalue weighted by Crippen LogP contribution is 2.35. The molecule has 0 bridgehead atoms. The first-order valence-electron chi connectivity index (χ1n) is 5.16. The minimum atomic E-state index is -0.183. The van der Waals surface area contributed by atoms with Gasteiger partial charge >= 0.3 is 0 Å². The van der Waals surface area contributed by atoms with E-state index in [2.05, 4.69) is 0 Å². The Labute approximate surface area is 73.9 Å². The fourth-order valence-corrected chi connectivity index (χ4v) is 1.92. The Bertz CT molecular complexity index is 137. The van der Waals surface area contributed by atoms with Crippen molar-refractivity contribution in [2.75, 3.05) is 6.61 Å². The average molecular weight is 170 g/mol. The van der Waals surface area contributed by atoms with Crippen LogP contribution >= 0.6 is 0 Å². The summed E-state index contributed by atoms with van der Waals surface area (Å²) in [5.74, 6) is 0.811. The highest BCUT2D eigenvalue weighted by molar-refractivity contribution is 4.81. The molecular weight excluding hydrogens is 152 g/mol. The maximum Gasteiger partial charge on any atom is 0.0834 e. The fraction of sp³-hybridized carbons (Fsp3) is 1.00. The van der Waals surface area contributed by atoms with Crippen molar-refractivity contribution in [3.8, 4) is 0 Å². The third-order valence-electron chi connectivity index (χ3n) is 2.92. The number of hydrogen-bond acceptors (Lipinski definition) is 2. The van der Waals surface area contributed by atoms with E-state index in [-0.39, 0.29) is 12.2 Å². The van der Waals surface area contributed by atoms with Gasteiger partial charge in [-0.2, -0.15) is 0 Å². The van der Waals surface area contributed by atoms with Gasteiger partial charge in [-0.3, -0.25) is 0 Å². The summed E-state index contributed by atoms with van der Waals surface area (Å²) >= 11 is 0. The van der Waals surface area contributed by atoms with Gasteiger partial charge in [-0.1, -0.05) is 12.8 Å². The topological polar surface area (TPSA) is 29.5 Å². The molecule has 0 spiro atoms. The first kappa shape index (κ1) is 8.52. The van der Waals surface area contributed by atoms with E-state index in [1.165, 1.54) is 25.7 Å². The third kappa shape index (κ3) is 2.20. The first-order valence-corrected chi connectivity index (χ1v) is 5.16. The van der Waals surface area contributed by atoms with Gasteiger partial charge < -0.3 is 9.84 Å². The molecule has 1 heterocycles. The van der Waals surface area contributed by atoms with E-state index in [1.807, 2.05) is 0 Å². The molecular formula is C10H18O2. The molecule has 0 amide bonds. The molecule has 2 atom stereocenters. The molecule has 0 aromatic rings. The molecule has 2 aliphatic rings. The van der Waals surface area contributed by atoms with Crippen LogP contribution < -0.4 is 0 Å². The molecule has 1 N–H and O–H groups in total. The molecule has 1 aliphatic carbocycles. The van der Waals surface area contributed by atoms with Gasteiger partial charge in [0.1, 0.15) is 0 Å². The van der Waals surface area contributed by atoms with Crippen molar-refractivity contribution in [2.24, 2.45) is 5.92 Å². The Hall–Kier alpha value is -0.0800. The average Bonchev–Trinajstić information content (AvgIpc) is 2.90. The van der Waals surface area contributed by atoms with Crippen molar-refractivity contribution < 1.29 is 9.84 Å². The second kappa shape index (κ2) is 3.75. The van der Waals surface area contributed by atoms with Crippen molar-refractivity contribution in [1.29, 1.82) is 0 Å². The molecule has 2 unspecified atom stereocenters. The molecule has 2 nitrogen and oxygen atoms in total. The van der Waals surface area contributed by atoms with Crippen LogP contribution in [0, 0.1) is 5.92 Å². The number of aliphatic hydroxyl groups excluding tert-OH is 1. The maximum atomic E-state index is 9.76. The second-order valence-electron chi connectivity index (χ2n) is 4.15. The van der Waals surface area contributed by atoms with Gasteiger partial charge in [0.25, 0.3) is 0 Å². The van der Waals surface area contributed by atoms with E-state index >= 15 is 0 Å². The van der Waals surface area contributed by atoms with Gasteiger partial charge in [-0.05, 0) is 31.6 Å². The van der Waals surface area contributed by atoms with Crippen LogP contribution in [0.1, 0.15) is 38.5 Å². The lowest BCUT2D eigenvalue weighted by molar-refractivity contribution is -0.0659. The van der Waals surface area contributed by atoms with Crippen molar-refractivity contribution in [2.45, 2.75) is 50.7 Å². The summed E-state index contributed by atoms with van der Waals surface area (Å²) in [5, 5.41) is 9.76. The third-order valence-corrected chi connectivity index (χ3v) is 2.92. The highest BCUT2D eigenvalue weighted by Gasteiger charge is 2.29. The molecule has 0 aromatic heterocycles. The zero-order chi connectivity index (χ0) is 8.39.